The minimum absolute atomic E-state index is 0.107. The van der Waals surface area contributed by atoms with Crippen molar-refractivity contribution in [2.45, 2.75) is 20.3 Å². The topological polar surface area (TPSA) is 98.1 Å². The van der Waals surface area contributed by atoms with Crippen molar-refractivity contribution in [3.63, 3.8) is 0 Å². The van der Waals surface area contributed by atoms with E-state index >= 15 is 0 Å². The molecule has 28 heavy (non-hydrogen) atoms. The molecule has 0 bridgehead atoms. The number of nitrogens with zero attached hydrogens (tertiary/aromatic N) is 4. The number of nitrogens with one attached hydrogen (secondary N) is 1. The van der Waals surface area contributed by atoms with E-state index < -0.39 is 5.92 Å². The van der Waals surface area contributed by atoms with Gasteiger partial charge in [-0.05, 0) is 26.0 Å². The van der Waals surface area contributed by atoms with Crippen molar-refractivity contribution in [2.24, 2.45) is 5.92 Å². The largest absolute Gasteiger partial charge is 0.454 e. The molecule has 2 aromatic heterocycles. The van der Waals surface area contributed by atoms with Crippen LogP contribution in [0.15, 0.2) is 18.2 Å². The van der Waals surface area contributed by atoms with Gasteiger partial charge in [-0.15, -0.1) is 5.10 Å². The average molecular weight is 399 g/mol. The molecule has 0 spiro atoms. The molecule has 1 atom stereocenters. The molecule has 2 amide bonds. The molecule has 3 aromatic rings. The summed E-state index contributed by atoms with van der Waals surface area (Å²) in [5.74, 6) is 0.677. The van der Waals surface area contributed by atoms with Gasteiger partial charge in [-0.25, -0.2) is 4.52 Å². The van der Waals surface area contributed by atoms with Crippen LogP contribution >= 0.6 is 11.3 Å². The van der Waals surface area contributed by atoms with E-state index in [0.29, 0.717) is 23.7 Å². The zero-order valence-electron chi connectivity index (χ0n) is 15.3. The Bertz CT molecular complexity index is 1120. The van der Waals surface area contributed by atoms with Crippen LogP contribution < -0.4 is 19.7 Å². The molecule has 144 valence electrons. The summed E-state index contributed by atoms with van der Waals surface area (Å²) in [4.78, 5) is 32.9. The fourth-order valence-electron chi connectivity index (χ4n) is 3.39. The van der Waals surface area contributed by atoms with Gasteiger partial charge >= 0.3 is 0 Å². The molecule has 4 heterocycles. The van der Waals surface area contributed by atoms with Crippen molar-refractivity contribution in [1.29, 1.82) is 0 Å². The predicted octanol–water partition coefficient (Wildman–Crippen LogP) is 2.13. The van der Waals surface area contributed by atoms with Crippen LogP contribution in [0.5, 0.6) is 11.5 Å². The van der Waals surface area contributed by atoms with Crippen LogP contribution in [-0.2, 0) is 9.59 Å². The van der Waals surface area contributed by atoms with Gasteiger partial charge in [0.2, 0.25) is 29.5 Å². The Morgan fingerprint density at radius 1 is 1.29 bits per heavy atom. The number of aryl methyl sites for hydroxylation is 2. The van der Waals surface area contributed by atoms with Crippen LogP contribution in [-0.4, -0.2) is 39.8 Å². The molecule has 1 aromatic carbocycles. The minimum Gasteiger partial charge on any atom is -0.454 e. The van der Waals surface area contributed by atoms with Crippen LogP contribution in [0.1, 0.15) is 17.0 Å². The highest BCUT2D eigenvalue weighted by molar-refractivity contribution is 7.17. The molecule has 2 aliphatic rings. The fraction of sp³-hybridized carbons (Fsp3) is 0.333. The van der Waals surface area contributed by atoms with Crippen LogP contribution in [0.3, 0.4) is 0 Å². The van der Waals surface area contributed by atoms with Gasteiger partial charge in [0, 0.05) is 29.6 Å². The Labute approximate surface area is 163 Å². The molecule has 1 fully saturated rings. The summed E-state index contributed by atoms with van der Waals surface area (Å²) in [7, 11) is 0. The number of carbonyl (C=O) groups is 2. The number of rotatable bonds is 3. The molecule has 1 N–H and O–H groups in total. The maximum Gasteiger partial charge on any atom is 0.250 e. The number of thiazole rings is 1. The van der Waals surface area contributed by atoms with Gasteiger partial charge in [-0.1, -0.05) is 11.3 Å². The van der Waals surface area contributed by atoms with Crippen LogP contribution in [0.25, 0.3) is 4.96 Å². The van der Waals surface area contributed by atoms with E-state index in [4.69, 9.17) is 9.47 Å². The van der Waals surface area contributed by atoms with Gasteiger partial charge in [0.15, 0.2) is 11.5 Å². The maximum absolute atomic E-state index is 12.7. The molecule has 10 heteroatoms. The van der Waals surface area contributed by atoms with Crippen LogP contribution in [0, 0.1) is 19.8 Å². The van der Waals surface area contributed by atoms with Crippen molar-refractivity contribution in [1.82, 2.24) is 14.6 Å². The summed E-state index contributed by atoms with van der Waals surface area (Å²) in [5, 5.41) is 7.08. The van der Waals surface area contributed by atoms with Gasteiger partial charge in [-0.3, -0.25) is 14.9 Å². The second kappa shape index (κ2) is 6.20. The van der Waals surface area contributed by atoms with E-state index in [1.54, 1.807) is 27.6 Å². The normalized spacial score (nSPS) is 18.3. The lowest BCUT2D eigenvalue weighted by Gasteiger charge is -2.16. The van der Waals surface area contributed by atoms with Crippen molar-refractivity contribution < 1.29 is 19.1 Å². The molecule has 5 rings (SSSR count). The highest BCUT2D eigenvalue weighted by Crippen LogP contribution is 2.37. The Morgan fingerprint density at radius 3 is 2.93 bits per heavy atom. The van der Waals surface area contributed by atoms with Crippen molar-refractivity contribution in [3.8, 4) is 11.5 Å². The highest BCUT2D eigenvalue weighted by atomic mass is 32.1. The highest BCUT2D eigenvalue weighted by Gasteiger charge is 2.36. The van der Waals surface area contributed by atoms with E-state index in [1.165, 1.54) is 11.3 Å². The number of hydrogen-bond donors (Lipinski definition) is 1. The molecular weight excluding hydrogens is 382 g/mol. The molecular formula is C18H17N5O4S. The Morgan fingerprint density at radius 2 is 2.11 bits per heavy atom. The van der Waals surface area contributed by atoms with Crippen LogP contribution in [0.2, 0.25) is 0 Å². The lowest BCUT2D eigenvalue weighted by Crippen LogP contribution is -2.28. The Hall–Kier alpha value is -3.14. The Kier molecular flexibility index (Phi) is 3.76. The summed E-state index contributed by atoms with van der Waals surface area (Å²) >= 11 is 1.52. The second-order valence-electron chi connectivity index (χ2n) is 6.81. The maximum atomic E-state index is 12.7. The Balaban J connectivity index is 1.31. The molecule has 1 saturated heterocycles. The number of fused-ring (bicyclic) bond motifs is 2. The third-order valence-corrected chi connectivity index (χ3v) is 6.10. The van der Waals surface area contributed by atoms with E-state index in [-0.39, 0.29) is 31.0 Å². The monoisotopic (exact) mass is 399 g/mol. The minimum atomic E-state index is -0.470. The molecule has 2 aliphatic heterocycles. The van der Waals surface area contributed by atoms with Crippen molar-refractivity contribution in [2.75, 3.05) is 23.6 Å². The number of carbonyl (C=O) groups excluding carboxylic acids is 2. The smallest absolute Gasteiger partial charge is 0.250 e. The summed E-state index contributed by atoms with van der Waals surface area (Å²) in [6, 6.07) is 5.32. The first kappa shape index (κ1) is 17.0. The first-order chi connectivity index (χ1) is 13.5. The van der Waals surface area contributed by atoms with E-state index in [0.717, 1.165) is 15.5 Å². The number of anilines is 2. The standard InChI is InChI=1S/C18H17N5O4S/c1-9-10(2)28-18-20-17(21-23(9)18)19-16(25)11-5-15(24)22(7-11)12-3-4-13-14(6-12)27-8-26-13/h3-4,6,11H,5,7-8H2,1-2H3,(H,19,21,25). The van der Waals surface area contributed by atoms with Gasteiger partial charge < -0.3 is 14.4 Å². The zero-order chi connectivity index (χ0) is 19.4. The molecule has 0 saturated carbocycles. The summed E-state index contributed by atoms with van der Waals surface area (Å²) < 4.78 is 12.4. The number of hydrogen-bond acceptors (Lipinski definition) is 7. The average Bonchev–Trinajstić information content (AvgIpc) is 3.41. The molecule has 9 nitrogen and oxygen atoms in total. The molecule has 0 radical (unpaired) electrons. The summed E-state index contributed by atoms with van der Waals surface area (Å²) in [5.41, 5.74) is 1.69. The quantitative estimate of drug-likeness (QED) is 0.725. The fourth-order valence-corrected chi connectivity index (χ4v) is 4.30. The third kappa shape index (κ3) is 2.68. The SMILES string of the molecule is Cc1sc2nc(NC(=O)C3CC(=O)N(c4ccc5c(c4)OCO5)C3)nn2c1C. The van der Waals surface area contributed by atoms with E-state index in [2.05, 4.69) is 15.4 Å². The van der Waals surface area contributed by atoms with Gasteiger partial charge in [0.1, 0.15) is 0 Å². The summed E-state index contributed by atoms with van der Waals surface area (Å²) in [6.45, 7) is 4.43. The van der Waals surface area contributed by atoms with E-state index in [9.17, 15) is 9.59 Å². The molecule has 0 aliphatic carbocycles. The number of amides is 2. The van der Waals surface area contributed by atoms with Gasteiger partial charge in [0.25, 0.3) is 0 Å². The predicted molar refractivity (Wildman–Crippen MR) is 102 cm³/mol. The van der Waals surface area contributed by atoms with Crippen molar-refractivity contribution in [3.05, 3.63) is 28.8 Å². The second-order valence-corrected chi connectivity index (χ2v) is 7.99. The van der Waals surface area contributed by atoms with Gasteiger partial charge in [0.05, 0.1) is 11.6 Å². The van der Waals surface area contributed by atoms with E-state index in [1.807, 2.05) is 13.8 Å². The van der Waals surface area contributed by atoms with Gasteiger partial charge in [-0.2, -0.15) is 4.98 Å². The number of ether oxygens (including phenoxy) is 2. The zero-order valence-corrected chi connectivity index (χ0v) is 16.1. The number of benzene rings is 1. The first-order valence-electron chi connectivity index (χ1n) is 8.83. The first-order valence-corrected chi connectivity index (χ1v) is 9.65. The lowest BCUT2D eigenvalue weighted by molar-refractivity contribution is -0.122. The molecule has 1 unspecified atom stereocenters. The number of aromatic nitrogens is 3. The van der Waals surface area contributed by atoms with Crippen molar-refractivity contribution >= 4 is 39.7 Å². The lowest BCUT2D eigenvalue weighted by atomic mass is 10.1. The summed E-state index contributed by atoms with van der Waals surface area (Å²) in [6.07, 6.45) is 0.140. The van der Waals surface area contributed by atoms with Crippen LogP contribution in [0.4, 0.5) is 11.6 Å². The third-order valence-electron chi connectivity index (χ3n) is 5.05.